The quantitative estimate of drug-likeness (QED) is 0.565. The van der Waals surface area contributed by atoms with Crippen LogP contribution in [0.15, 0.2) is 54.6 Å². The van der Waals surface area contributed by atoms with Crippen molar-refractivity contribution in [2.75, 3.05) is 25.5 Å². The van der Waals surface area contributed by atoms with Crippen LogP contribution in [-0.2, 0) is 0 Å². The van der Waals surface area contributed by atoms with Crippen molar-refractivity contribution in [3.63, 3.8) is 0 Å². The van der Waals surface area contributed by atoms with Gasteiger partial charge in [-0.2, -0.15) is 0 Å². The number of benzene rings is 2. The summed E-state index contributed by atoms with van der Waals surface area (Å²) in [5.41, 5.74) is 3.09. The number of amides is 2. The van der Waals surface area contributed by atoms with Crippen molar-refractivity contribution in [2.45, 2.75) is 39.5 Å². The highest BCUT2D eigenvalue weighted by molar-refractivity contribution is 5.89. The molecule has 0 saturated heterocycles. The maximum absolute atomic E-state index is 12.8. The largest absolute Gasteiger partial charge is 0.496 e. The summed E-state index contributed by atoms with van der Waals surface area (Å²) in [6.45, 7) is 7.73. The minimum Gasteiger partial charge on any atom is -0.496 e. The van der Waals surface area contributed by atoms with Gasteiger partial charge in [-0.05, 0) is 36.1 Å². The van der Waals surface area contributed by atoms with Gasteiger partial charge < -0.3 is 15.0 Å². The summed E-state index contributed by atoms with van der Waals surface area (Å²) in [5.74, 6) is 1.31. The first-order valence-corrected chi connectivity index (χ1v) is 10.0. The minimum absolute atomic E-state index is 0.0737. The molecule has 0 fully saturated rings. The van der Waals surface area contributed by atoms with Gasteiger partial charge in [-0.15, -0.1) is 0 Å². The van der Waals surface area contributed by atoms with Crippen LogP contribution in [0.2, 0.25) is 0 Å². The molecule has 28 heavy (non-hydrogen) atoms. The number of unbranched alkanes of at least 4 members (excludes halogenated alkanes) is 1. The Balaban J connectivity index is 2.03. The predicted octanol–water partition coefficient (Wildman–Crippen LogP) is 6.17. The second kappa shape index (κ2) is 11.2. The van der Waals surface area contributed by atoms with Gasteiger partial charge in [-0.1, -0.05) is 69.7 Å². The lowest BCUT2D eigenvalue weighted by Gasteiger charge is -2.22. The lowest BCUT2D eigenvalue weighted by molar-refractivity contribution is 0.216. The molecule has 0 aliphatic heterocycles. The summed E-state index contributed by atoms with van der Waals surface area (Å²) in [6, 6.07) is 15.9. The third kappa shape index (κ3) is 6.45. The Labute approximate surface area is 169 Å². The van der Waals surface area contributed by atoms with Gasteiger partial charge in [0, 0.05) is 24.3 Å². The first-order chi connectivity index (χ1) is 13.5. The van der Waals surface area contributed by atoms with E-state index in [1.54, 1.807) is 7.11 Å². The smallest absolute Gasteiger partial charge is 0.322 e. The SMILES string of the molecule is CCCCN(C/C=C/c1ccccc1OC)C(=O)Nc1ccc(C(C)C)cc1. The van der Waals surface area contributed by atoms with E-state index in [1.165, 1.54) is 5.56 Å². The molecule has 0 heterocycles. The summed E-state index contributed by atoms with van der Waals surface area (Å²) in [6.07, 6.45) is 6.03. The van der Waals surface area contributed by atoms with E-state index in [2.05, 4.69) is 38.2 Å². The van der Waals surface area contributed by atoms with Crippen molar-refractivity contribution < 1.29 is 9.53 Å². The molecule has 0 aromatic heterocycles. The average molecular weight is 381 g/mol. The zero-order chi connectivity index (χ0) is 20.4. The molecule has 2 rings (SSSR count). The number of urea groups is 1. The van der Waals surface area contributed by atoms with Crippen molar-refractivity contribution >= 4 is 17.8 Å². The van der Waals surface area contributed by atoms with Crippen LogP contribution in [0.25, 0.3) is 6.08 Å². The molecule has 0 unspecified atom stereocenters. The van der Waals surface area contributed by atoms with E-state index in [0.717, 1.165) is 36.4 Å². The predicted molar refractivity (Wildman–Crippen MR) is 118 cm³/mol. The second-order valence-electron chi connectivity index (χ2n) is 7.15. The van der Waals surface area contributed by atoms with Gasteiger partial charge in [0.25, 0.3) is 0 Å². The van der Waals surface area contributed by atoms with Crippen LogP contribution in [-0.4, -0.2) is 31.1 Å². The molecule has 0 aliphatic rings. The lowest BCUT2D eigenvalue weighted by atomic mass is 10.0. The van der Waals surface area contributed by atoms with Crippen LogP contribution in [0.3, 0.4) is 0 Å². The molecule has 0 aliphatic carbocycles. The summed E-state index contributed by atoms with van der Waals surface area (Å²) in [5, 5.41) is 3.02. The number of nitrogens with one attached hydrogen (secondary N) is 1. The van der Waals surface area contributed by atoms with Crippen LogP contribution in [0, 0.1) is 0 Å². The highest BCUT2D eigenvalue weighted by Crippen LogP contribution is 2.19. The van der Waals surface area contributed by atoms with Crippen LogP contribution in [0.4, 0.5) is 10.5 Å². The fourth-order valence-electron chi connectivity index (χ4n) is 2.89. The third-order valence-corrected chi connectivity index (χ3v) is 4.66. The normalized spacial score (nSPS) is 11.0. The Hall–Kier alpha value is -2.75. The zero-order valence-electron chi connectivity index (χ0n) is 17.4. The molecule has 0 spiro atoms. The molecule has 1 N–H and O–H groups in total. The Kier molecular flexibility index (Phi) is 8.60. The summed E-state index contributed by atoms with van der Waals surface area (Å²) < 4.78 is 5.38. The molecular formula is C24H32N2O2. The van der Waals surface area contributed by atoms with E-state index in [0.29, 0.717) is 12.5 Å². The lowest BCUT2D eigenvalue weighted by Crippen LogP contribution is -2.35. The second-order valence-corrected chi connectivity index (χ2v) is 7.15. The zero-order valence-corrected chi connectivity index (χ0v) is 17.4. The molecule has 0 saturated carbocycles. The number of carbonyl (C=O) groups is 1. The van der Waals surface area contributed by atoms with E-state index in [9.17, 15) is 4.79 Å². The molecular weight excluding hydrogens is 348 g/mol. The van der Waals surface area contributed by atoms with Crippen molar-refractivity contribution in [3.8, 4) is 5.75 Å². The maximum atomic E-state index is 12.8. The molecule has 0 atom stereocenters. The molecule has 4 heteroatoms. The van der Waals surface area contributed by atoms with Gasteiger partial charge in [-0.3, -0.25) is 0 Å². The van der Waals surface area contributed by atoms with E-state index in [-0.39, 0.29) is 6.03 Å². The summed E-state index contributed by atoms with van der Waals surface area (Å²) in [4.78, 5) is 14.6. The van der Waals surface area contributed by atoms with Gasteiger partial charge in [0.05, 0.1) is 7.11 Å². The Bertz CT molecular complexity index is 766. The maximum Gasteiger partial charge on any atom is 0.322 e. The van der Waals surface area contributed by atoms with Gasteiger partial charge in [-0.25, -0.2) is 4.79 Å². The standard InChI is InChI=1S/C24H32N2O2/c1-5-6-17-26(18-9-11-21-10-7-8-12-23(21)28-4)24(27)25-22-15-13-20(14-16-22)19(2)3/h7-16,19H,5-6,17-18H2,1-4H3,(H,25,27)/b11-9+. The van der Waals surface area contributed by atoms with E-state index in [1.807, 2.05) is 53.5 Å². The number of anilines is 1. The van der Waals surface area contributed by atoms with Crippen LogP contribution in [0.1, 0.15) is 50.7 Å². The van der Waals surface area contributed by atoms with Gasteiger partial charge in [0.2, 0.25) is 0 Å². The first-order valence-electron chi connectivity index (χ1n) is 10.0. The van der Waals surface area contributed by atoms with E-state index >= 15 is 0 Å². The Morgan fingerprint density at radius 2 is 1.86 bits per heavy atom. The monoisotopic (exact) mass is 380 g/mol. The fourth-order valence-corrected chi connectivity index (χ4v) is 2.89. The van der Waals surface area contributed by atoms with Crippen LogP contribution >= 0.6 is 0 Å². The Morgan fingerprint density at radius 1 is 1.14 bits per heavy atom. The van der Waals surface area contributed by atoms with Crippen molar-refractivity contribution in [1.29, 1.82) is 0 Å². The van der Waals surface area contributed by atoms with Crippen LogP contribution < -0.4 is 10.1 Å². The van der Waals surface area contributed by atoms with Crippen molar-refractivity contribution in [2.24, 2.45) is 0 Å². The number of methoxy groups -OCH3 is 1. The fraction of sp³-hybridized carbons (Fsp3) is 0.375. The van der Waals surface area contributed by atoms with Gasteiger partial charge in [0.1, 0.15) is 5.75 Å². The number of para-hydroxylation sites is 1. The number of hydrogen-bond acceptors (Lipinski definition) is 2. The molecule has 4 nitrogen and oxygen atoms in total. The van der Waals surface area contributed by atoms with Gasteiger partial charge >= 0.3 is 6.03 Å². The summed E-state index contributed by atoms with van der Waals surface area (Å²) >= 11 is 0. The topological polar surface area (TPSA) is 41.6 Å². The highest BCUT2D eigenvalue weighted by Gasteiger charge is 2.12. The average Bonchev–Trinajstić information content (AvgIpc) is 2.71. The van der Waals surface area contributed by atoms with Crippen molar-refractivity contribution in [3.05, 3.63) is 65.7 Å². The van der Waals surface area contributed by atoms with E-state index < -0.39 is 0 Å². The number of nitrogens with zero attached hydrogens (tertiary/aromatic N) is 1. The molecule has 2 amide bonds. The van der Waals surface area contributed by atoms with E-state index in [4.69, 9.17) is 4.74 Å². The third-order valence-electron chi connectivity index (χ3n) is 4.66. The number of ether oxygens (including phenoxy) is 1. The summed E-state index contributed by atoms with van der Waals surface area (Å²) in [7, 11) is 1.66. The van der Waals surface area contributed by atoms with Gasteiger partial charge in [0.15, 0.2) is 0 Å². The molecule has 150 valence electrons. The number of hydrogen-bond donors (Lipinski definition) is 1. The van der Waals surface area contributed by atoms with Crippen molar-refractivity contribution in [1.82, 2.24) is 4.90 Å². The number of carbonyl (C=O) groups excluding carboxylic acids is 1. The Morgan fingerprint density at radius 3 is 2.50 bits per heavy atom. The molecule has 0 radical (unpaired) electrons. The molecule has 2 aromatic rings. The first kappa shape index (κ1) is 21.5. The molecule has 0 bridgehead atoms. The highest BCUT2D eigenvalue weighted by atomic mass is 16.5. The van der Waals surface area contributed by atoms with Crippen LogP contribution in [0.5, 0.6) is 5.75 Å². The number of rotatable bonds is 9. The molecule has 2 aromatic carbocycles. The minimum atomic E-state index is -0.0737.